The molecule has 3 rings (SSSR count). The summed E-state index contributed by atoms with van der Waals surface area (Å²) in [6.07, 6.45) is 0.0655. The number of halogens is 1. The average molecular weight is 338 g/mol. The molecule has 0 saturated heterocycles. The summed E-state index contributed by atoms with van der Waals surface area (Å²) in [5, 5.41) is 3.96. The molecule has 0 saturated carbocycles. The molecule has 0 aliphatic rings. The summed E-state index contributed by atoms with van der Waals surface area (Å²) in [6.45, 7) is 3.84. The second-order valence-corrected chi connectivity index (χ2v) is 5.96. The normalized spacial score (nSPS) is 10.7. The van der Waals surface area contributed by atoms with Crippen LogP contribution in [0.2, 0.25) is 0 Å². The second-order valence-electron chi connectivity index (χ2n) is 5.96. The van der Waals surface area contributed by atoms with Crippen LogP contribution in [0.1, 0.15) is 16.8 Å². The molecule has 2 aromatic carbocycles. The third-order valence-electron chi connectivity index (χ3n) is 4.12. The highest BCUT2D eigenvalue weighted by Crippen LogP contribution is 2.32. The molecule has 5 heteroatoms. The largest absolute Gasteiger partial charge is 0.469 e. The molecule has 0 radical (unpaired) electrons. The van der Waals surface area contributed by atoms with Crippen molar-refractivity contribution in [3.63, 3.8) is 0 Å². The van der Waals surface area contributed by atoms with Crippen LogP contribution in [0.15, 0.2) is 42.5 Å². The molecule has 0 bridgehead atoms. The van der Waals surface area contributed by atoms with Crippen LogP contribution in [-0.2, 0) is 16.0 Å². The summed E-state index contributed by atoms with van der Waals surface area (Å²) in [4.78, 5) is 16.3. The topological polar surface area (TPSA) is 51.2 Å². The van der Waals surface area contributed by atoms with Gasteiger partial charge in [-0.2, -0.15) is 0 Å². The lowest BCUT2D eigenvalue weighted by Crippen LogP contribution is -2.10. The monoisotopic (exact) mass is 338 g/mol. The van der Waals surface area contributed by atoms with Gasteiger partial charge in [0.15, 0.2) is 0 Å². The number of anilines is 2. The maximum atomic E-state index is 13.8. The third-order valence-corrected chi connectivity index (χ3v) is 4.12. The van der Waals surface area contributed by atoms with Crippen molar-refractivity contribution in [2.75, 3.05) is 12.4 Å². The number of nitrogens with one attached hydrogen (secondary N) is 1. The summed E-state index contributed by atoms with van der Waals surface area (Å²) in [5.41, 5.74) is 4.75. The molecule has 4 nitrogen and oxygen atoms in total. The molecule has 1 N–H and O–H groups in total. The molecule has 0 fully saturated rings. The summed E-state index contributed by atoms with van der Waals surface area (Å²) in [6, 6.07) is 12.3. The van der Waals surface area contributed by atoms with Crippen LogP contribution in [0, 0.1) is 19.7 Å². The number of ether oxygens (including phenoxy) is 1. The number of carbonyl (C=O) groups is 1. The molecule has 0 amide bonds. The number of aryl methyl sites for hydroxylation is 2. The number of rotatable bonds is 4. The van der Waals surface area contributed by atoms with E-state index in [0.717, 1.165) is 11.3 Å². The number of esters is 1. The van der Waals surface area contributed by atoms with Gasteiger partial charge in [0.1, 0.15) is 5.82 Å². The third kappa shape index (κ3) is 3.60. The van der Waals surface area contributed by atoms with Crippen LogP contribution in [0.5, 0.6) is 0 Å². The van der Waals surface area contributed by atoms with Gasteiger partial charge in [-0.05, 0) is 44.2 Å². The highest BCUT2D eigenvalue weighted by molar-refractivity contribution is 5.96. The van der Waals surface area contributed by atoms with Crippen molar-refractivity contribution >= 4 is 28.2 Å². The van der Waals surface area contributed by atoms with Crippen molar-refractivity contribution in [3.8, 4) is 0 Å². The quantitative estimate of drug-likeness (QED) is 0.714. The Labute approximate surface area is 145 Å². The van der Waals surface area contributed by atoms with Crippen LogP contribution in [0.3, 0.4) is 0 Å². The first kappa shape index (κ1) is 16.9. The Morgan fingerprint density at radius 1 is 1.16 bits per heavy atom. The number of benzene rings is 2. The number of hydrogen-bond acceptors (Lipinski definition) is 4. The van der Waals surface area contributed by atoms with E-state index in [9.17, 15) is 9.18 Å². The summed E-state index contributed by atoms with van der Waals surface area (Å²) < 4.78 is 18.6. The number of nitrogens with zero attached hydrogens (tertiary/aromatic N) is 1. The number of hydrogen-bond donors (Lipinski definition) is 1. The molecular weight excluding hydrogens is 319 g/mol. The molecule has 3 aromatic rings. The molecule has 0 spiro atoms. The maximum Gasteiger partial charge on any atom is 0.310 e. The zero-order valence-electron chi connectivity index (χ0n) is 14.4. The maximum absolute atomic E-state index is 13.8. The fourth-order valence-corrected chi connectivity index (χ4v) is 2.75. The molecule has 0 unspecified atom stereocenters. The first-order chi connectivity index (χ1) is 12.0. The van der Waals surface area contributed by atoms with Crippen LogP contribution in [0.4, 0.5) is 15.8 Å². The Morgan fingerprint density at radius 3 is 2.56 bits per heavy atom. The molecule has 128 valence electrons. The van der Waals surface area contributed by atoms with Crippen LogP contribution < -0.4 is 5.32 Å². The Hall–Kier alpha value is -2.95. The van der Waals surface area contributed by atoms with E-state index in [1.54, 1.807) is 6.07 Å². The van der Waals surface area contributed by atoms with Gasteiger partial charge < -0.3 is 10.1 Å². The van der Waals surface area contributed by atoms with Gasteiger partial charge in [0.25, 0.3) is 0 Å². The molecule has 1 heterocycles. The molecule has 25 heavy (non-hydrogen) atoms. The molecular formula is C20H19FN2O2. The van der Waals surface area contributed by atoms with Gasteiger partial charge in [0, 0.05) is 22.3 Å². The Kier molecular flexibility index (Phi) is 4.65. The van der Waals surface area contributed by atoms with E-state index in [0.29, 0.717) is 27.8 Å². The van der Waals surface area contributed by atoms with Gasteiger partial charge in [0.2, 0.25) is 0 Å². The van der Waals surface area contributed by atoms with Crippen molar-refractivity contribution in [1.29, 1.82) is 0 Å². The fourth-order valence-electron chi connectivity index (χ4n) is 2.75. The van der Waals surface area contributed by atoms with Gasteiger partial charge in [0.05, 0.1) is 24.7 Å². The Balaban J connectivity index is 2.19. The molecule has 0 atom stereocenters. The Bertz CT molecular complexity index is 937. The number of aromatic nitrogens is 1. The van der Waals surface area contributed by atoms with E-state index in [2.05, 4.69) is 10.3 Å². The van der Waals surface area contributed by atoms with Crippen molar-refractivity contribution in [3.05, 3.63) is 65.1 Å². The second kappa shape index (κ2) is 6.89. The van der Waals surface area contributed by atoms with Gasteiger partial charge in [-0.3, -0.25) is 9.78 Å². The van der Waals surface area contributed by atoms with Crippen molar-refractivity contribution < 1.29 is 13.9 Å². The zero-order chi connectivity index (χ0) is 18.0. The molecule has 0 aliphatic heterocycles. The van der Waals surface area contributed by atoms with E-state index in [1.165, 1.54) is 19.2 Å². The first-order valence-corrected chi connectivity index (χ1v) is 7.97. The lowest BCUT2D eigenvalue weighted by molar-refractivity contribution is -0.139. The van der Waals surface area contributed by atoms with E-state index < -0.39 is 0 Å². The van der Waals surface area contributed by atoms with E-state index in [4.69, 9.17) is 4.74 Å². The summed E-state index contributed by atoms with van der Waals surface area (Å²) >= 11 is 0. The number of pyridine rings is 1. The van der Waals surface area contributed by atoms with Crippen molar-refractivity contribution in [2.45, 2.75) is 20.3 Å². The highest BCUT2D eigenvalue weighted by atomic mass is 19.1. The van der Waals surface area contributed by atoms with Crippen LogP contribution >= 0.6 is 0 Å². The lowest BCUT2D eigenvalue weighted by Gasteiger charge is -2.17. The number of methoxy groups -OCH3 is 1. The summed E-state index contributed by atoms with van der Waals surface area (Å²) in [5.74, 6) is -0.721. The zero-order valence-corrected chi connectivity index (χ0v) is 14.4. The highest BCUT2D eigenvalue weighted by Gasteiger charge is 2.17. The number of fused-ring (bicyclic) bond motifs is 1. The van der Waals surface area contributed by atoms with Crippen molar-refractivity contribution in [2.24, 2.45) is 0 Å². The predicted molar refractivity (Wildman–Crippen MR) is 96.6 cm³/mol. The van der Waals surface area contributed by atoms with E-state index in [-0.39, 0.29) is 18.2 Å². The minimum atomic E-state index is -0.368. The first-order valence-electron chi connectivity index (χ1n) is 7.97. The van der Waals surface area contributed by atoms with E-state index >= 15 is 0 Å². The SMILES string of the molecule is COC(=O)Cc1c(C)nc2ccc(F)cc2c1Nc1ccc(C)cc1. The fraction of sp³-hybridized carbons (Fsp3) is 0.200. The van der Waals surface area contributed by atoms with Crippen molar-refractivity contribution in [1.82, 2.24) is 4.98 Å². The average Bonchev–Trinajstić information content (AvgIpc) is 2.60. The predicted octanol–water partition coefficient (Wildman–Crippen LogP) is 4.45. The van der Waals surface area contributed by atoms with Gasteiger partial charge in [-0.25, -0.2) is 4.39 Å². The van der Waals surface area contributed by atoms with Gasteiger partial charge in [-0.15, -0.1) is 0 Å². The summed E-state index contributed by atoms with van der Waals surface area (Å²) in [7, 11) is 1.35. The smallest absolute Gasteiger partial charge is 0.310 e. The molecule has 1 aromatic heterocycles. The number of carbonyl (C=O) groups excluding carboxylic acids is 1. The van der Waals surface area contributed by atoms with E-state index in [1.807, 2.05) is 38.1 Å². The minimum absolute atomic E-state index is 0.0655. The van der Waals surface area contributed by atoms with Gasteiger partial charge in [-0.1, -0.05) is 17.7 Å². The minimum Gasteiger partial charge on any atom is -0.469 e. The lowest BCUT2D eigenvalue weighted by atomic mass is 10.0. The van der Waals surface area contributed by atoms with Crippen LogP contribution in [-0.4, -0.2) is 18.1 Å². The molecule has 0 aliphatic carbocycles. The standard InChI is InChI=1S/C20H19FN2O2/c1-12-4-7-15(8-5-12)23-20-16(11-19(24)25-3)13(2)22-18-9-6-14(21)10-17(18)20/h4-10H,11H2,1-3H3,(H,22,23). The van der Waals surface area contributed by atoms with Crippen LogP contribution in [0.25, 0.3) is 10.9 Å². The van der Waals surface area contributed by atoms with Gasteiger partial charge >= 0.3 is 5.97 Å². The Morgan fingerprint density at radius 2 is 1.88 bits per heavy atom.